The van der Waals surface area contributed by atoms with E-state index in [2.05, 4.69) is 26.6 Å². The molecule has 0 spiro atoms. The molecule has 24 nitrogen and oxygen atoms in total. The smallest absolute Gasteiger partial charge is 0.410 e. The molecule has 7 N–H and O–H groups in total. The van der Waals surface area contributed by atoms with Crippen LogP contribution in [0.3, 0.4) is 0 Å². The van der Waals surface area contributed by atoms with E-state index in [1.807, 2.05) is 13.8 Å². The fourth-order valence-corrected chi connectivity index (χ4v) is 9.47. The molecule has 1 heterocycles. The second kappa shape index (κ2) is 34.6. The van der Waals surface area contributed by atoms with Gasteiger partial charge in [-0.3, -0.25) is 48.2 Å². The Kier molecular flexibility index (Phi) is 29.0. The molecule has 83 heavy (non-hydrogen) atoms. The van der Waals surface area contributed by atoms with Crippen LogP contribution < -0.4 is 41.8 Å². The van der Waals surface area contributed by atoms with Crippen molar-refractivity contribution in [3.63, 3.8) is 0 Å². The molecule has 0 saturated carbocycles. The zero-order chi connectivity index (χ0) is 62.1. The Morgan fingerprint density at radius 2 is 1.34 bits per heavy atom. The highest BCUT2D eigenvalue weighted by Gasteiger charge is 2.40. The number of unbranched alkanes of at least 4 members (excludes halogenated alkanes) is 2. The van der Waals surface area contributed by atoms with E-state index < -0.39 is 89.9 Å². The van der Waals surface area contributed by atoms with Gasteiger partial charge in [0.2, 0.25) is 29.5 Å². The second-order valence-electron chi connectivity index (χ2n) is 21.7. The van der Waals surface area contributed by atoms with Gasteiger partial charge in [0.15, 0.2) is 0 Å². The highest BCUT2D eigenvalue weighted by atomic mass is 16.6. The van der Waals surface area contributed by atoms with Gasteiger partial charge >= 0.3 is 18.1 Å². The van der Waals surface area contributed by atoms with Crippen LogP contribution in [0.2, 0.25) is 0 Å². The van der Waals surface area contributed by atoms with Crippen molar-refractivity contribution in [3.8, 4) is 11.5 Å². The van der Waals surface area contributed by atoms with Crippen molar-refractivity contribution in [1.29, 1.82) is 0 Å². The number of methoxy groups -OCH3 is 3. The zero-order valence-corrected chi connectivity index (χ0v) is 50.5. The lowest BCUT2D eigenvalue weighted by atomic mass is 9.90. The summed E-state index contributed by atoms with van der Waals surface area (Å²) in [6, 6.07) is 5.98. The summed E-state index contributed by atoms with van der Waals surface area (Å²) in [4.78, 5) is 135. The first-order chi connectivity index (χ1) is 39.3. The quantitative estimate of drug-likeness (QED) is 0.0302. The molecule has 0 bridgehead atoms. The maximum absolute atomic E-state index is 14.5. The van der Waals surface area contributed by atoms with E-state index in [1.54, 1.807) is 91.1 Å². The van der Waals surface area contributed by atoms with E-state index in [-0.39, 0.29) is 81.5 Å². The van der Waals surface area contributed by atoms with Crippen LogP contribution in [0, 0.1) is 23.7 Å². The lowest BCUT2D eigenvalue weighted by Crippen LogP contribution is -2.60. The van der Waals surface area contributed by atoms with Crippen molar-refractivity contribution in [2.24, 2.45) is 29.4 Å². The van der Waals surface area contributed by atoms with Gasteiger partial charge in [0, 0.05) is 70.2 Å². The number of primary amides is 1. The van der Waals surface area contributed by atoms with Crippen molar-refractivity contribution in [1.82, 2.24) is 36.0 Å². The van der Waals surface area contributed by atoms with Crippen molar-refractivity contribution in [2.75, 3.05) is 53.8 Å². The fourth-order valence-electron chi connectivity index (χ4n) is 9.47. The molecule has 2 aromatic rings. The number of imide groups is 1. The van der Waals surface area contributed by atoms with Crippen LogP contribution in [0.25, 0.3) is 0 Å². The summed E-state index contributed by atoms with van der Waals surface area (Å²) < 4.78 is 27.9. The number of carbonyl (C=O) groups excluding carboxylic acids is 10. The molecule has 0 radical (unpaired) electrons. The molecular weight excluding hydrogens is 1070 g/mol. The van der Waals surface area contributed by atoms with Crippen LogP contribution in [0.5, 0.6) is 11.5 Å². The molecule has 0 aliphatic carbocycles. The van der Waals surface area contributed by atoms with Crippen LogP contribution in [0.1, 0.15) is 118 Å². The number of nitrogens with one attached hydrogen (secondary N) is 5. The molecule has 1 unspecified atom stereocenters. The third-order valence-electron chi connectivity index (χ3n) is 14.4. The zero-order valence-electron chi connectivity index (χ0n) is 50.5. The summed E-state index contributed by atoms with van der Waals surface area (Å²) in [5, 5.41) is 13.7. The van der Waals surface area contributed by atoms with Gasteiger partial charge < -0.3 is 60.9 Å². The van der Waals surface area contributed by atoms with Gasteiger partial charge in [-0.15, -0.1) is 0 Å². The third kappa shape index (κ3) is 21.8. The summed E-state index contributed by atoms with van der Waals surface area (Å²) in [5.74, 6) is -4.14. The number of rotatable bonds is 35. The topological polar surface area (TPSA) is 313 Å². The number of nitrogens with two attached hydrogens (primary N) is 1. The van der Waals surface area contributed by atoms with Gasteiger partial charge in [0.05, 0.1) is 32.8 Å². The number of benzene rings is 2. The van der Waals surface area contributed by atoms with Gasteiger partial charge in [-0.05, 0) is 79.2 Å². The molecule has 1 aliphatic rings. The first kappa shape index (κ1) is 69.5. The summed E-state index contributed by atoms with van der Waals surface area (Å²) in [6.07, 6.45) is 3.26. The summed E-state index contributed by atoms with van der Waals surface area (Å²) in [6.45, 7) is 14.6. The maximum atomic E-state index is 14.5. The van der Waals surface area contributed by atoms with Gasteiger partial charge in [-0.25, -0.2) is 9.59 Å². The molecule has 7 atom stereocenters. The number of esters is 1. The molecule has 0 fully saturated rings. The summed E-state index contributed by atoms with van der Waals surface area (Å²) in [7, 11) is 7.55. The predicted molar refractivity (Wildman–Crippen MR) is 309 cm³/mol. The number of anilines is 1. The van der Waals surface area contributed by atoms with Crippen molar-refractivity contribution in [2.45, 2.75) is 156 Å². The molecule has 460 valence electrons. The molecule has 3 rings (SSSR count). The summed E-state index contributed by atoms with van der Waals surface area (Å²) in [5.41, 5.74) is 6.73. The number of nitrogens with zero attached hydrogens (tertiary/aromatic N) is 3. The van der Waals surface area contributed by atoms with Gasteiger partial charge in [0.25, 0.3) is 11.8 Å². The van der Waals surface area contributed by atoms with Crippen molar-refractivity contribution >= 4 is 65.1 Å². The summed E-state index contributed by atoms with van der Waals surface area (Å²) >= 11 is 0. The molecule has 10 amide bonds. The highest BCUT2D eigenvalue weighted by molar-refractivity contribution is 6.12. The van der Waals surface area contributed by atoms with Crippen LogP contribution in [-0.2, 0) is 65.8 Å². The van der Waals surface area contributed by atoms with E-state index in [9.17, 15) is 47.9 Å². The van der Waals surface area contributed by atoms with Gasteiger partial charge in [-0.1, -0.05) is 80.4 Å². The average molecular weight is 1160 g/mol. The fraction of sp³-hybridized carbons (Fsp3) is 0.593. The van der Waals surface area contributed by atoms with E-state index >= 15 is 0 Å². The van der Waals surface area contributed by atoms with E-state index in [1.165, 1.54) is 50.3 Å². The van der Waals surface area contributed by atoms with Crippen LogP contribution >= 0.6 is 0 Å². The number of carbonyl (C=O) groups is 10. The highest BCUT2D eigenvalue weighted by Crippen LogP contribution is 2.27. The number of amides is 10. The second-order valence-corrected chi connectivity index (χ2v) is 21.7. The molecule has 2 aromatic carbocycles. The Morgan fingerprint density at radius 1 is 0.687 bits per heavy atom. The Balaban J connectivity index is 1.64. The number of ether oxygens (including phenoxy) is 5. The largest absolute Gasteiger partial charge is 0.497 e. The maximum Gasteiger partial charge on any atom is 0.410 e. The number of hydrogen-bond donors (Lipinski definition) is 6. The lowest BCUT2D eigenvalue weighted by Gasteiger charge is -2.40. The Bertz CT molecular complexity index is 2540. The van der Waals surface area contributed by atoms with Crippen molar-refractivity contribution < 1.29 is 71.6 Å². The Morgan fingerprint density at radius 3 is 1.90 bits per heavy atom. The normalized spacial score (nSPS) is 14.6. The van der Waals surface area contributed by atoms with Crippen LogP contribution in [-0.4, -0.2) is 159 Å². The third-order valence-corrected chi connectivity index (χ3v) is 14.4. The van der Waals surface area contributed by atoms with Gasteiger partial charge in [0.1, 0.15) is 48.9 Å². The first-order valence-corrected chi connectivity index (χ1v) is 28.2. The van der Waals surface area contributed by atoms with E-state index in [0.29, 0.717) is 54.0 Å². The lowest BCUT2D eigenvalue weighted by molar-refractivity contribution is -0.153. The van der Waals surface area contributed by atoms with Crippen LogP contribution in [0.15, 0.2) is 54.6 Å². The molecule has 0 aromatic heterocycles. The number of likely N-dealkylation sites (N-methyl/N-ethyl adjacent to an activating group) is 2. The predicted octanol–water partition coefficient (Wildman–Crippen LogP) is 4.96. The molecule has 0 saturated heterocycles. The van der Waals surface area contributed by atoms with E-state index in [0.717, 1.165) is 4.90 Å². The van der Waals surface area contributed by atoms with Crippen LogP contribution in [0.4, 0.5) is 15.3 Å². The minimum Gasteiger partial charge on any atom is -0.497 e. The SMILES string of the molecule is CC[C@H](C)[C@@H]([C@@H](CC(=O)OCc1ccc(OC)cc1OC)OC)N(C)C(=O)[C@@H](NC(=O)C(C(C)C)N(C)C(=O)OCc1ccc(NC(=O)[C@H](CCCNC(N)=O)NC(=O)[C@@H](NC(=O)CCCCCN2C(=O)C=CC2=O)C(C)C)cc1)C(C)C. The first-order valence-electron chi connectivity index (χ1n) is 28.2. The van der Waals surface area contributed by atoms with E-state index in [4.69, 9.17) is 29.4 Å². The number of urea groups is 1. The number of hydrogen-bond acceptors (Lipinski definition) is 15. The monoisotopic (exact) mass is 1160 g/mol. The van der Waals surface area contributed by atoms with Crippen molar-refractivity contribution in [3.05, 3.63) is 65.7 Å². The Labute approximate surface area is 487 Å². The molecule has 1 aliphatic heterocycles. The standard InChI is InChI=1S/C59H89N9O15/c1-14-38(8)53(45(81-13)32-49(72)82-34-40-23-26-42(79-11)31-44(40)80-12)66(9)57(76)51(36(4)5)65-56(75)52(37(6)7)67(10)59(78)83-33-39-21-24-41(25-22-39)62-54(73)43(19-18-29-61-58(60)77)63-55(74)50(35(2)3)64-46(69)20-16-15-17-30-68-47(70)27-28-48(68)71/h21-28,31,35-38,43,45,50-53H,14-20,29-30,32-34H2,1-13H3,(H,62,73)(H,63,74)(H,64,69)(H,65,75)(H3,60,61,77)/t38-,43-,45+,50-,51-,52?,53-/m0/s1. The Hall–Kier alpha value is -7.76. The minimum atomic E-state index is -1.10. The van der Waals surface area contributed by atoms with Gasteiger partial charge in [-0.2, -0.15) is 0 Å². The molecular formula is C59H89N9O15. The molecule has 24 heteroatoms. The average Bonchev–Trinajstić information content (AvgIpc) is 3.99. The minimum absolute atomic E-state index is 0.0679.